The maximum atomic E-state index is 13.0. The van der Waals surface area contributed by atoms with Crippen LogP contribution in [-0.4, -0.2) is 56.9 Å². The fraction of sp³-hybridized carbons (Fsp3) is 0.238. The average Bonchev–Trinajstić information content (AvgIpc) is 3.04. The molecule has 0 saturated carbocycles. The van der Waals surface area contributed by atoms with Crippen LogP contribution in [0.1, 0.15) is 12.0 Å². The molecule has 2 aromatic carbocycles. The standard InChI is InChI=1S/C21H22N2O6S2/c1-28-12-6-11-23-20(25)19(14-15-9-10-17(24)18(13-15)29-2)30-21(23)22-31(26,27)16-7-4-3-5-8-16/h3-5,7-10,13-14,24H,6,11-12H2,1-2H3/b19-14+,22-21?. The summed E-state index contributed by atoms with van der Waals surface area (Å²) in [6, 6.07) is 12.5. The van der Waals surface area contributed by atoms with Gasteiger partial charge in [-0.15, -0.1) is 4.40 Å². The van der Waals surface area contributed by atoms with Crippen LogP contribution in [0.3, 0.4) is 0 Å². The van der Waals surface area contributed by atoms with Crippen molar-refractivity contribution in [3.63, 3.8) is 0 Å². The first-order valence-corrected chi connectivity index (χ1v) is 11.6. The molecule has 0 aromatic heterocycles. The van der Waals surface area contributed by atoms with Crippen molar-refractivity contribution >= 4 is 38.9 Å². The molecule has 10 heteroatoms. The summed E-state index contributed by atoms with van der Waals surface area (Å²) in [5, 5.41) is 9.85. The van der Waals surface area contributed by atoms with Crippen LogP contribution < -0.4 is 4.74 Å². The molecular weight excluding hydrogens is 440 g/mol. The number of thioether (sulfide) groups is 1. The number of rotatable bonds is 8. The van der Waals surface area contributed by atoms with E-state index in [0.717, 1.165) is 11.8 Å². The molecule has 0 aliphatic carbocycles. The second kappa shape index (κ2) is 9.99. The summed E-state index contributed by atoms with van der Waals surface area (Å²) in [7, 11) is -0.998. The van der Waals surface area contributed by atoms with Gasteiger partial charge >= 0.3 is 0 Å². The molecule has 1 aliphatic heterocycles. The van der Waals surface area contributed by atoms with Crippen molar-refractivity contribution in [2.75, 3.05) is 27.4 Å². The lowest BCUT2D eigenvalue weighted by atomic mass is 10.2. The molecule has 1 amide bonds. The Morgan fingerprint density at radius 1 is 1.16 bits per heavy atom. The SMILES string of the molecule is COCCCN1C(=O)/C(=C\c2ccc(O)c(OC)c2)SC1=NS(=O)(=O)c1ccccc1. The third-order valence-electron chi connectivity index (χ3n) is 4.36. The van der Waals surface area contributed by atoms with Gasteiger partial charge in [0.25, 0.3) is 15.9 Å². The monoisotopic (exact) mass is 462 g/mol. The van der Waals surface area contributed by atoms with Gasteiger partial charge in [-0.3, -0.25) is 9.69 Å². The zero-order chi connectivity index (χ0) is 22.4. The summed E-state index contributed by atoms with van der Waals surface area (Å²) in [5.74, 6) is -0.107. The van der Waals surface area contributed by atoms with Crippen LogP contribution >= 0.6 is 11.8 Å². The molecule has 0 spiro atoms. The third-order valence-corrected chi connectivity index (χ3v) is 6.76. The molecule has 164 valence electrons. The van der Waals surface area contributed by atoms with Crippen LogP contribution in [0.2, 0.25) is 0 Å². The Morgan fingerprint density at radius 2 is 1.90 bits per heavy atom. The summed E-state index contributed by atoms with van der Waals surface area (Å²) in [5.41, 5.74) is 0.620. The fourth-order valence-electron chi connectivity index (χ4n) is 2.82. The minimum Gasteiger partial charge on any atom is -0.504 e. The second-order valence-corrected chi connectivity index (χ2v) is 9.12. The quantitative estimate of drug-likeness (QED) is 0.475. The number of aromatic hydroxyl groups is 1. The van der Waals surface area contributed by atoms with Gasteiger partial charge in [-0.1, -0.05) is 24.3 Å². The molecule has 0 bridgehead atoms. The highest BCUT2D eigenvalue weighted by Gasteiger charge is 2.34. The lowest BCUT2D eigenvalue weighted by molar-refractivity contribution is -0.122. The zero-order valence-corrected chi connectivity index (χ0v) is 18.6. The van der Waals surface area contributed by atoms with Crippen molar-refractivity contribution in [2.24, 2.45) is 4.40 Å². The molecule has 1 N–H and O–H groups in total. The Bertz CT molecular complexity index is 1110. The van der Waals surface area contributed by atoms with E-state index in [-0.39, 0.29) is 34.0 Å². The number of amidine groups is 1. The fourth-order valence-corrected chi connectivity index (χ4v) is 5.05. The Hall–Kier alpha value is -2.82. The molecule has 0 unspecified atom stereocenters. The molecular formula is C21H22N2O6S2. The Balaban J connectivity index is 1.97. The lowest BCUT2D eigenvalue weighted by Gasteiger charge is -2.15. The number of phenols is 1. The van der Waals surface area contributed by atoms with Gasteiger partial charge in [-0.05, 0) is 54.1 Å². The number of hydrogen-bond donors (Lipinski definition) is 1. The summed E-state index contributed by atoms with van der Waals surface area (Å²) < 4.78 is 39.5. The molecule has 0 radical (unpaired) electrons. The van der Waals surface area contributed by atoms with Crippen LogP contribution in [0.25, 0.3) is 6.08 Å². The third kappa shape index (κ3) is 5.46. The van der Waals surface area contributed by atoms with Crippen LogP contribution in [0, 0.1) is 0 Å². The van der Waals surface area contributed by atoms with Crippen molar-refractivity contribution in [1.29, 1.82) is 0 Å². The van der Waals surface area contributed by atoms with E-state index in [1.165, 1.54) is 30.2 Å². The number of ether oxygens (including phenoxy) is 2. The van der Waals surface area contributed by atoms with E-state index in [1.54, 1.807) is 43.5 Å². The summed E-state index contributed by atoms with van der Waals surface area (Å²) in [6.45, 7) is 0.681. The van der Waals surface area contributed by atoms with E-state index < -0.39 is 10.0 Å². The van der Waals surface area contributed by atoms with E-state index in [4.69, 9.17) is 9.47 Å². The van der Waals surface area contributed by atoms with Gasteiger partial charge in [0.1, 0.15) is 0 Å². The van der Waals surface area contributed by atoms with Gasteiger partial charge in [0, 0.05) is 20.3 Å². The number of nitrogens with zero attached hydrogens (tertiary/aromatic N) is 2. The molecule has 1 heterocycles. The minimum atomic E-state index is -3.98. The van der Waals surface area contributed by atoms with E-state index in [9.17, 15) is 18.3 Å². The van der Waals surface area contributed by atoms with Crippen LogP contribution in [0.5, 0.6) is 11.5 Å². The largest absolute Gasteiger partial charge is 0.504 e. The lowest BCUT2D eigenvalue weighted by Crippen LogP contribution is -2.31. The second-order valence-electron chi connectivity index (χ2n) is 6.51. The molecule has 1 aliphatic rings. The van der Waals surface area contributed by atoms with Gasteiger partial charge in [0.15, 0.2) is 16.7 Å². The number of hydrogen-bond acceptors (Lipinski definition) is 7. The number of carbonyl (C=O) groups excluding carboxylic acids is 1. The van der Waals surface area contributed by atoms with Crippen molar-refractivity contribution in [1.82, 2.24) is 4.90 Å². The smallest absolute Gasteiger partial charge is 0.284 e. The van der Waals surface area contributed by atoms with E-state index >= 15 is 0 Å². The van der Waals surface area contributed by atoms with Gasteiger partial charge in [0.2, 0.25) is 0 Å². The van der Waals surface area contributed by atoms with Crippen LogP contribution in [-0.2, 0) is 19.6 Å². The highest BCUT2D eigenvalue weighted by Crippen LogP contribution is 2.35. The highest BCUT2D eigenvalue weighted by molar-refractivity contribution is 8.19. The Morgan fingerprint density at radius 3 is 2.58 bits per heavy atom. The number of amides is 1. The van der Waals surface area contributed by atoms with E-state index in [1.807, 2.05) is 0 Å². The van der Waals surface area contributed by atoms with E-state index in [2.05, 4.69) is 4.40 Å². The summed E-state index contributed by atoms with van der Waals surface area (Å²) in [6.07, 6.45) is 2.13. The maximum Gasteiger partial charge on any atom is 0.284 e. The molecule has 3 rings (SSSR count). The predicted octanol–water partition coefficient (Wildman–Crippen LogP) is 3.10. The number of methoxy groups -OCH3 is 2. The molecule has 0 atom stereocenters. The number of benzene rings is 2. The molecule has 2 aromatic rings. The van der Waals surface area contributed by atoms with Gasteiger partial charge in [-0.25, -0.2) is 0 Å². The average molecular weight is 463 g/mol. The minimum absolute atomic E-state index is 0.0209. The number of phenolic OH excluding ortho intramolecular Hbond substituents is 1. The highest BCUT2D eigenvalue weighted by atomic mass is 32.2. The van der Waals surface area contributed by atoms with Gasteiger partial charge in [0.05, 0.1) is 16.9 Å². The molecule has 1 saturated heterocycles. The molecule has 1 fully saturated rings. The molecule has 31 heavy (non-hydrogen) atoms. The Labute approximate surface area is 185 Å². The van der Waals surface area contributed by atoms with Crippen molar-refractivity contribution in [2.45, 2.75) is 11.3 Å². The van der Waals surface area contributed by atoms with Crippen molar-refractivity contribution in [3.05, 3.63) is 59.0 Å². The number of sulfonamides is 1. The maximum absolute atomic E-state index is 13.0. The topological polar surface area (TPSA) is 106 Å². The zero-order valence-electron chi connectivity index (χ0n) is 17.0. The van der Waals surface area contributed by atoms with Crippen LogP contribution in [0.15, 0.2) is 62.7 Å². The first-order valence-electron chi connectivity index (χ1n) is 9.33. The summed E-state index contributed by atoms with van der Waals surface area (Å²) >= 11 is 0.983. The normalized spacial score (nSPS) is 17.0. The van der Waals surface area contributed by atoms with E-state index in [0.29, 0.717) is 23.5 Å². The van der Waals surface area contributed by atoms with Crippen molar-refractivity contribution < 1.29 is 27.8 Å². The first kappa shape index (κ1) is 22.9. The van der Waals surface area contributed by atoms with Gasteiger partial charge < -0.3 is 14.6 Å². The predicted molar refractivity (Wildman–Crippen MR) is 119 cm³/mol. The van der Waals surface area contributed by atoms with Gasteiger partial charge in [-0.2, -0.15) is 8.42 Å². The molecule has 8 nitrogen and oxygen atoms in total. The summed E-state index contributed by atoms with van der Waals surface area (Å²) in [4.78, 5) is 14.7. The number of carbonyl (C=O) groups is 1. The van der Waals surface area contributed by atoms with Crippen molar-refractivity contribution in [3.8, 4) is 11.5 Å². The Kier molecular flexibility index (Phi) is 7.37. The van der Waals surface area contributed by atoms with Crippen LogP contribution in [0.4, 0.5) is 0 Å². The first-order chi connectivity index (χ1) is 14.9.